The van der Waals surface area contributed by atoms with Gasteiger partial charge >= 0.3 is 6.09 Å². The molecule has 0 spiro atoms. The molecular weight excluding hydrogens is 264 g/mol. The summed E-state index contributed by atoms with van der Waals surface area (Å²) in [6.45, 7) is 4.02. The Bertz CT molecular complexity index is 613. The molecule has 1 aliphatic heterocycles. The van der Waals surface area contributed by atoms with Crippen molar-refractivity contribution in [2.24, 2.45) is 0 Å². The van der Waals surface area contributed by atoms with E-state index in [0.29, 0.717) is 0 Å². The normalized spacial score (nSPS) is 19.1. The molecule has 1 heterocycles. The Labute approximate surface area is 124 Å². The van der Waals surface area contributed by atoms with Crippen LogP contribution in [0, 0.1) is 0 Å². The molecule has 0 aliphatic carbocycles. The van der Waals surface area contributed by atoms with Gasteiger partial charge in [-0.1, -0.05) is 48.5 Å². The van der Waals surface area contributed by atoms with Crippen LogP contribution in [-0.4, -0.2) is 17.2 Å². The van der Waals surface area contributed by atoms with E-state index in [4.69, 9.17) is 4.84 Å². The van der Waals surface area contributed by atoms with E-state index < -0.39 is 0 Å². The van der Waals surface area contributed by atoms with Crippen molar-refractivity contribution in [2.75, 3.05) is 4.90 Å². The second kappa shape index (κ2) is 5.58. The van der Waals surface area contributed by atoms with Crippen molar-refractivity contribution in [1.82, 2.24) is 5.06 Å². The molecule has 0 N–H and O–H groups in total. The van der Waals surface area contributed by atoms with Crippen molar-refractivity contribution in [3.63, 3.8) is 0 Å². The summed E-state index contributed by atoms with van der Waals surface area (Å²) in [4.78, 5) is 19.5. The van der Waals surface area contributed by atoms with Crippen molar-refractivity contribution < 1.29 is 9.63 Å². The van der Waals surface area contributed by atoms with Crippen LogP contribution >= 0.6 is 0 Å². The third-order valence-electron chi connectivity index (χ3n) is 3.51. The Morgan fingerprint density at radius 3 is 2.10 bits per heavy atom. The van der Waals surface area contributed by atoms with Crippen LogP contribution in [-0.2, 0) is 4.84 Å². The Hall–Kier alpha value is -2.33. The van der Waals surface area contributed by atoms with E-state index in [1.54, 1.807) is 9.96 Å². The van der Waals surface area contributed by atoms with E-state index in [-0.39, 0.29) is 18.3 Å². The van der Waals surface area contributed by atoms with Crippen molar-refractivity contribution in [2.45, 2.75) is 26.1 Å². The second-order valence-corrected chi connectivity index (χ2v) is 5.30. The molecule has 0 saturated carbocycles. The number of amides is 1. The average Bonchev–Trinajstić information content (AvgIpc) is 2.87. The lowest BCUT2D eigenvalue weighted by molar-refractivity contribution is -0.115. The molecule has 4 nitrogen and oxygen atoms in total. The van der Waals surface area contributed by atoms with Crippen LogP contribution in [0.5, 0.6) is 0 Å². The molecular formula is C17H18N2O2. The number of rotatable bonds is 3. The summed E-state index contributed by atoms with van der Waals surface area (Å²) in [5, 5.41) is 1.74. The number of carbonyl (C=O) groups excluding carboxylic acids is 1. The molecule has 0 bridgehead atoms. The Morgan fingerprint density at radius 1 is 0.952 bits per heavy atom. The van der Waals surface area contributed by atoms with E-state index in [1.165, 1.54) is 0 Å². The lowest BCUT2D eigenvalue weighted by atomic mass is 10.1. The largest absolute Gasteiger partial charge is 0.435 e. The Balaban J connectivity index is 2.06. The fourth-order valence-corrected chi connectivity index (χ4v) is 2.54. The summed E-state index contributed by atoms with van der Waals surface area (Å²) in [6, 6.07) is 19.6. The molecule has 0 radical (unpaired) electrons. The summed E-state index contributed by atoms with van der Waals surface area (Å²) < 4.78 is 0. The van der Waals surface area contributed by atoms with E-state index in [1.807, 2.05) is 74.5 Å². The third kappa shape index (κ3) is 2.50. The molecule has 2 aromatic carbocycles. The van der Waals surface area contributed by atoms with Gasteiger partial charge < -0.3 is 4.84 Å². The zero-order valence-electron chi connectivity index (χ0n) is 12.1. The average molecular weight is 282 g/mol. The summed E-state index contributed by atoms with van der Waals surface area (Å²) in [6.07, 6.45) is -0.593. The summed E-state index contributed by atoms with van der Waals surface area (Å²) in [5.41, 5.74) is 1.86. The van der Waals surface area contributed by atoms with Crippen LogP contribution in [0.4, 0.5) is 10.5 Å². The zero-order valence-corrected chi connectivity index (χ0v) is 12.1. The molecule has 2 aromatic rings. The summed E-state index contributed by atoms with van der Waals surface area (Å²) in [7, 11) is 0. The number of hydrogen-bond donors (Lipinski definition) is 0. The molecule has 1 unspecified atom stereocenters. The van der Waals surface area contributed by atoms with Crippen LogP contribution < -0.4 is 4.90 Å². The van der Waals surface area contributed by atoms with Crippen molar-refractivity contribution >= 4 is 11.8 Å². The van der Waals surface area contributed by atoms with Gasteiger partial charge in [0.05, 0.1) is 0 Å². The maximum absolute atomic E-state index is 12.3. The molecule has 0 aromatic heterocycles. The first-order chi connectivity index (χ1) is 10.2. The van der Waals surface area contributed by atoms with Gasteiger partial charge in [0.25, 0.3) is 0 Å². The second-order valence-electron chi connectivity index (χ2n) is 5.30. The predicted octanol–water partition coefficient (Wildman–Crippen LogP) is 3.97. The molecule has 4 heteroatoms. The summed E-state index contributed by atoms with van der Waals surface area (Å²) in [5.74, 6) is 0. The molecule has 108 valence electrons. The minimum atomic E-state index is -0.344. The highest BCUT2D eigenvalue weighted by atomic mass is 16.7. The number of para-hydroxylation sites is 1. The number of anilines is 1. The minimum Gasteiger partial charge on any atom is -0.348 e. The molecule has 1 atom stereocenters. The maximum Gasteiger partial charge on any atom is 0.435 e. The number of nitrogens with zero attached hydrogens (tertiary/aromatic N) is 2. The van der Waals surface area contributed by atoms with Crippen LogP contribution in [0.1, 0.15) is 25.6 Å². The Kier molecular flexibility index (Phi) is 3.62. The van der Waals surface area contributed by atoms with Gasteiger partial charge in [-0.2, -0.15) is 0 Å². The maximum atomic E-state index is 12.3. The van der Waals surface area contributed by atoms with Crippen LogP contribution in [0.3, 0.4) is 0 Å². The molecule has 1 aliphatic rings. The first kappa shape index (κ1) is 13.6. The number of hydrogen-bond acceptors (Lipinski definition) is 3. The van der Waals surface area contributed by atoms with Gasteiger partial charge in [0.2, 0.25) is 0 Å². The smallest absolute Gasteiger partial charge is 0.348 e. The molecule has 1 fully saturated rings. The third-order valence-corrected chi connectivity index (χ3v) is 3.51. The van der Waals surface area contributed by atoms with Crippen LogP contribution in [0.25, 0.3) is 0 Å². The lowest BCUT2D eigenvalue weighted by Crippen LogP contribution is -2.35. The summed E-state index contributed by atoms with van der Waals surface area (Å²) >= 11 is 0. The van der Waals surface area contributed by atoms with E-state index in [0.717, 1.165) is 11.3 Å². The van der Waals surface area contributed by atoms with Gasteiger partial charge in [0, 0.05) is 11.7 Å². The highest BCUT2D eigenvalue weighted by molar-refractivity contribution is 5.89. The number of hydroxylamine groups is 2. The van der Waals surface area contributed by atoms with Crippen LogP contribution in [0.15, 0.2) is 60.7 Å². The Morgan fingerprint density at radius 2 is 1.52 bits per heavy atom. The van der Waals surface area contributed by atoms with Gasteiger partial charge in [-0.3, -0.25) is 4.90 Å². The first-order valence-electron chi connectivity index (χ1n) is 7.08. The number of carbonyl (C=O) groups is 1. The van der Waals surface area contributed by atoms with E-state index in [9.17, 15) is 4.79 Å². The van der Waals surface area contributed by atoms with Gasteiger partial charge in [0.15, 0.2) is 6.17 Å². The molecule has 1 saturated heterocycles. The number of benzene rings is 2. The van der Waals surface area contributed by atoms with Crippen molar-refractivity contribution in [3.8, 4) is 0 Å². The van der Waals surface area contributed by atoms with Crippen LogP contribution in [0.2, 0.25) is 0 Å². The molecule has 3 rings (SSSR count). The quantitative estimate of drug-likeness (QED) is 0.854. The van der Waals surface area contributed by atoms with Crippen molar-refractivity contribution in [3.05, 3.63) is 66.2 Å². The van der Waals surface area contributed by atoms with Gasteiger partial charge in [-0.25, -0.2) is 4.79 Å². The lowest BCUT2D eigenvalue weighted by Gasteiger charge is -2.28. The molecule has 21 heavy (non-hydrogen) atoms. The predicted molar refractivity (Wildman–Crippen MR) is 81.6 cm³/mol. The first-order valence-corrected chi connectivity index (χ1v) is 7.08. The van der Waals surface area contributed by atoms with Gasteiger partial charge in [0.1, 0.15) is 0 Å². The highest BCUT2D eigenvalue weighted by Gasteiger charge is 2.43. The van der Waals surface area contributed by atoms with Gasteiger partial charge in [-0.05, 0) is 31.5 Å². The zero-order chi connectivity index (χ0) is 14.8. The fraction of sp³-hybridized carbons (Fsp3) is 0.235. The fourth-order valence-electron chi connectivity index (χ4n) is 2.54. The van der Waals surface area contributed by atoms with E-state index >= 15 is 0 Å². The van der Waals surface area contributed by atoms with Gasteiger partial charge in [-0.15, -0.1) is 5.06 Å². The van der Waals surface area contributed by atoms with Crippen molar-refractivity contribution in [1.29, 1.82) is 0 Å². The highest BCUT2D eigenvalue weighted by Crippen LogP contribution is 2.37. The SMILES string of the molecule is CC(C)N1OC(=O)N(c2ccccc2)C1c1ccccc1. The minimum absolute atomic E-state index is 0.0906. The topological polar surface area (TPSA) is 32.8 Å². The van der Waals surface area contributed by atoms with E-state index in [2.05, 4.69) is 0 Å². The molecule has 1 amide bonds. The standard InChI is InChI=1S/C17H18N2O2/c1-13(2)19-16(14-9-5-3-6-10-14)18(17(20)21-19)15-11-7-4-8-12-15/h3-13,16H,1-2H3. The monoisotopic (exact) mass is 282 g/mol.